The van der Waals surface area contributed by atoms with Crippen molar-refractivity contribution >= 4 is 22.9 Å². The van der Waals surface area contributed by atoms with Gasteiger partial charge in [0.15, 0.2) is 5.65 Å². The van der Waals surface area contributed by atoms with Crippen LogP contribution in [0.4, 0.5) is 0 Å². The number of aryl methyl sites for hydroxylation is 1. The Bertz CT molecular complexity index is 1310. The molecule has 1 aliphatic rings. The average Bonchev–Trinajstić information content (AvgIpc) is 3.34. The number of aromatic carboxylic acids is 1. The first kappa shape index (κ1) is 18.1. The van der Waals surface area contributed by atoms with Gasteiger partial charge in [-0.05, 0) is 48.4 Å². The van der Waals surface area contributed by atoms with E-state index in [0.29, 0.717) is 24.3 Å². The lowest BCUT2D eigenvalue weighted by molar-refractivity contribution is 0.0696. The number of carbonyl (C=O) groups excluding carboxylic acids is 1. The third-order valence-corrected chi connectivity index (χ3v) is 5.42. The summed E-state index contributed by atoms with van der Waals surface area (Å²) >= 11 is 0. The number of rotatable bonds is 3. The monoisotopic (exact) mass is 398 g/mol. The molecule has 0 atom stereocenters. The van der Waals surface area contributed by atoms with Crippen LogP contribution in [0.15, 0.2) is 60.8 Å². The molecule has 0 bridgehead atoms. The molecule has 7 nitrogen and oxygen atoms in total. The molecule has 1 N–H and O–H groups in total. The molecular weight excluding hydrogens is 380 g/mol. The molecule has 4 aromatic rings. The summed E-state index contributed by atoms with van der Waals surface area (Å²) in [6, 6.07) is 16.6. The minimum Gasteiger partial charge on any atom is -0.478 e. The number of pyridine rings is 1. The maximum atomic E-state index is 13.1. The Balaban J connectivity index is 1.46. The molecule has 0 unspecified atom stereocenters. The molecule has 7 heteroatoms. The fourth-order valence-electron chi connectivity index (χ4n) is 3.86. The summed E-state index contributed by atoms with van der Waals surface area (Å²) in [5.41, 5.74) is 4.96. The number of fused-ring (bicyclic) bond motifs is 2. The average molecular weight is 398 g/mol. The number of carboxylic acid groups (broad SMARTS) is 1. The van der Waals surface area contributed by atoms with Crippen LogP contribution in [0.25, 0.3) is 16.7 Å². The molecule has 30 heavy (non-hydrogen) atoms. The Labute approximate surface area is 172 Å². The van der Waals surface area contributed by atoms with Gasteiger partial charge in [0.1, 0.15) is 0 Å². The molecule has 0 spiro atoms. The van der Waals surface area contributed by atoms with E-state index in [1.54, 1.807) is 34.0 Å². The first-order valence-corrected chi connectivity index (χ1v) is 9.56. The predicted molar refractivity (Wildman–Crippen MR) is 111 cm³/mol. The Morgan fingerprint density at radius 3 is 2.50 bits per heavy atom. The van der Waals surface area contributed by atoms with Gasteiger partial charge in [-0.15, -0.1) is 0 Å². The molecule has 1 amide bonds. The van der Waals surface area contributed by atoms with Crippen LogP contribution in [0.3, 0.4) is 0 Å². The number of hydrogen-bond acceptors (Lipinski definition) is 4. The van der Waals surface area contributed by atoms with Crippen LogP contribution in [0.1, 0.15) is 37.5 Å². The zero-order valence-electron chi connectivity index (χ0n) is 16.2. The lowest BCUT2D eigenvalue weighted by Crippen LogP contribution is -2.25. The molecule has 2 aromatic carbocycles. The Kier molecular flexibility index (Phi) is 4.10. The normalized spacial score (nSPS) is 12.9. The SMILES string of the molecule is Cc1nn(-c2ccccc2)c2ncc(C(=O)N3Cc4ccc(C(=O)O)cc4C3)cc12. The second-order valence-electron chi connectivity index (χ2n) is 7.38. The largest absolute Gasteiger partial charge is 0.478 e. The number of aromatic nitrogens is 3. The number of nitrogens with zero attached hydrogens (tertiary/aromatic N) is 4. The van der Waals surface area contributed by atoms with Crippen LogP contribution in [-0.4, -0.2) is 36.6 Å². The lowest BCUT2D eigenvalue weighted by Gasteiger charge is -2.15. The zero-order chi connectivity index (χ0) is 20.8. The van der Waals surface area contributed by atoms with Crippen molar-refractivity contribution in [3.8, 4) is 5.69 Å². The molecule has 0 saturated heterocycles. The minimum atomic E-state index is -0.969. The van der Waals surface area contributed by atoms with Crippen LogP contribution in [-0.2, 0) is 13.1 Å². The van der Waals surface area contributed by atoms with Crippen molar-refractivity contribution in [2.24, 2.45) is 0 Å². The van der Waals surface area contributed by atoms with Crippen LogP contribution >= 0.6 is 0 Å². The van der Waals surface area contributed by atoms with E-state index in [-0.39, 0.29) is 11.5 Å². The smallest absolute Gasteiger partial charge is 0.335 e. The van der Waals surface area contributed by atoms with Crippen molar-refractivity contribution in [1.29, 1.82) is 0 Å². The van der Waals surface area contributed by atoms with E-state index < -0.39 is 5.97 Å². The molecule has 0 fully saturated rings. The number of carbonyl (C=O) groups is 2. The second-order valence-corrected chi connectivity index (χ2v) is 7.38. The van der Waals surface area contributed by atoms with E-state index in [1.165, 1.54) is 0 Å². The van der Waals surface area contributed by atoms with Gasteiger partial charge in [-0.2, -0.15) is 5.10 Å². The van der Waals surface area contributed by atoms with Gasteiger partial charge < -0.3 is 10.0 Å². The summed E-state index contributed by atoms with van der Waals surface area (Å²) in [5.74, 6) is -1.10. The van der Waals surface area contributed by atoms with E-state index in [1.807, 2.05) is 43.3 Å². The molecule has 0 radical (unpaired) electrons. The van der Waals surface area contributed by atoms with Crippen molar-refractivity contribution < 1.29 is 14.7 Å². The summed E-state index contributed by atoms with van der Waals surface area (Å²) in [6.45, 7) is 2.74. The first-order chi connectivity index (χ1) is 14.5. The van der Waals surface area contributed by atoms with E-state index in [2.05, 4.69) is 10.1 Å². The van der Waals surface area contributed by atoms with Crippen LogP contribution < -0.4 is 0 Å². The number of hydrogen-bond donors (Lipinski definition) is 1. The van der Waals surface area contributed by atoms with E-state index in [0.717, 1.165) is 27.9 Å². The maximum absolute atomic E-state index is 13.1. The number of para-hydroxylation sites is 1. The third kappa shape index (κ3) is 2.91. The Morgan fingerprint density at radius 1 is 0.967 bits per heavy atom. The van der Waals surface area contributed by atoms with Crippen molar-refractivity contribution in [2.45, 2.75) is 20.0 Å². The Morgan fingerprint density at radius 2 is 1.73 bits per heavy atom. The quantitative estimate of drug-likeness (QED) is 0.570. The third-order valence-electron chi connectivity index (χ3n) is 5.42. The number of carboxylic acids is 1. The lowest BCUT2D eigenvalue weighted by atomic mass is 10.1. The molecule has 148 valence electrons. The summed E-state index contributed by atoms with van der Waals surface area (Å²) in [5, 5.41) is 14.6. The van der Waals surface area contributed by atoms with Gasteiger partial charge in [0.2, 0.25) is 0 Å². The number of benzene rings is 2. The van der Waals surface area contributed by atoms with Gasteiger partial charge in [-0.1, -0.05) is 24.3 Å². The molecule has 0 aliphatic carbocycles. The topological polar surface area (TPSA) is 88.3 Å². The van der Waals surface area contributed by atoms with Gasteiger partial charge in [0.25, 0.3) is 5.91 Å². The van der Waals surface area contributed by atoms with Crippen LogP contribution in [0.5, 0.6) is 0 Å². The molecule has 3 heterocycles. The van der Waals surface area contributed by atoms with E-state index in [4.69, 9.17) is 0 Å². The predicted octanol–water partition coefficient (Wildman–Crippen LogP) is 3.58. The van der Waals surface area contributed by atoms with Crippen molar-refractivity contribution in [3.63, 3.8) is 0 Å². The van der Waals surface area contributed by atoms with E-state index >= 15 is 0 Å². The van der Waals surface area contributed by atoms with Crippen LogP contribution in [0.2, 0.25) is 0 Å². The van der Waals surface area contributed by atoms with Gasteiger partial charge in [-0.25, -0.2) is 14.5 Å². The number of amides is 1. The van der Waals surface area contributed by atoms with Gasteiger partial charge in [0, 0.05) is 24.7 Å². The summed E-state index contributed by atoms with van der Waals surface area (Å²) < 4.78 is 1.78. The first-order valence-electron chi connectivity index (χ1n) is 9.56. The fraction of sp³-hybridized carbons (Fsp3) is 0.130. The highest BCUT2D eigenvalue weighted by atomic mass is 16.4. The summed E-state index contributed by atoms with van der Waals surface area (Å²) in [4.78, 5) is 30.5. The standard InChI is InChI=1S/C23H18N4O3/c1-14-20-10-17(11-24-21(20)27(25-14)19-5-3-2-4-6-19)22(28)26-12-16-8-7-15(23(29)30)9-18(16)13-26/h2-11H,12-13H2,1H3,(H,29,30). The maximum Gasteiger partial charge on any atom is 0.335 e. The molecule has 1 aliphatic heterocycles. The molecule has 2 aromatic heterocycles. The minimum absolute atomic E-state index is 0.135. The molecule has 0 saturated carbocycles. The van der Waals surface area contributed by atoms with Crippen molar-refractivity contribution in [3.05, 3.63) is 88.7 Å². The van der Waals surface area contributed by atoms with Crippen molar-refractivity contribution in [1.82, 2.24) is 19.7 Å². The highest BCUT2D eigenvalue weighted by Gasteiger charge is 2.26. The Hall–Kier alpha value is -4.00. The zero-order valence-corrected chi connectivity index (χ0v) is 16.2. The highest BCUT2D eigenvalue weighted by Crippen LogP contribution is 2.27. The van der Waals surface area contributed by atoms with Gasteiger partial charge in [-0.3, -0.25) is 4.79 Å². The summed E-state index contributed by atoms with van der Waals surface area (Å²) in [7, 11) is 0. The second kappa shape index (κ2) is 6.81. The van der Waals surface area contributed by atoms with Crippen molar-refractivity contribution in [2.75, 3.05) is 0 Å². The fourth-order valence-corrected chi connectivity index (χ4v) is 3.86. The highest BCUT2D eigenvalue weighted by molar-refractivity contribution is 5.98. The molecular formula is C23H18N4O3. The van der Waals surface area contributed by atoms with Gasteiger partial charge >= 0.3 is 5.97 Å². The molecule has 5 rings (SSSR count). The van der Waals surface area contributed by atoms with Crippen LogP contribution in [0, 0.1) is 6.92 Å². The van der Waals surface area contributed by atoms with Gasteiger partial charge in [0.05, 0.1) is 22.5 Å². The summed E-state index contributed by atoms with van der Waals surface area (Å²) in [6.07, 6.45) is 1.58. The van der Waals surface area contributed by atoms with E-state index in [9.17, 15) is 14.7 Å².